The largest absolute Gasteiger partial charge is 0.325 e. The van der Waals surface area contributed by atoms with Gasteiger partial charge in [-0.15, -0.1) is 11.3 Å². The number of aromatic amines is 2. The molecule has 1 aliphatic heterocycles. The van der Waals surface area contributed by atoms with Crippen LogP contribution < -0.4 is 10.6 Å². The molecule has 6 aromatic heterocycles. The first kappa shape index (κ1) is 24.5. The molecule has 1 fully saturated rings. The summed E-state index contributed by atoms with van der Waals surface area (Å²) in [4.78, 5) is 34.8. The maximum absolute atomic E-state index is 13.7. The summed E-state index contributed by atoms with van der Waals surface area (Å²) in [5.74, 6) is 0.924. The first-order chi connectivity index (χ1) is 19.6. The Morgan fingerprint density at radius 3 is 2.77 bits per heavy atom. The van der Waals surface area contributed by atoms with Crippen LogP contribution in [0.1, 0.15) is 19.3 Å². The fourth-order valence-corrected chi connectivity index (χ4v) is 5.91. The first-order valence-corrected chi connectivity index (χ1v) is 13.8. The van der Waals surface area contributed by atoms with E-state index in [2.05, 4.69) is 40.8 Å². The second kappa shape index (κ2) is 10.2. The number of hydrogen-bond donors (Lipinski definition) is 4. The molecular weight excluding hydrogens is 529 g/mol. The van der Waals surface area contributed by atoms with Crippen molar-refractivity contribution in [1.82, 2.24) is 40.4 Å². The molecule has 0 aliphatic carbocycles. The highest BCUT2D eigenvalue weighted by atomic mass is 32.1. The molecule has 12 heteroatoms. The van der Waals surface area contributed by atoms with Gasteiger partial charge in [-0.05, 0) is 62.2 Å². The average Bonchev–Trinajstić information content (AvgIpc) is 3.71. The van der Waals surface area contributed by atoms with Crippen LogP contribution in [0, 0.1) is 11.0 Å². The van der Waals surface area contributed by atoms with E-state index < -0.39 is 0 Å². The number of nitrogens with one attached hydrogen (secondary N) is 4. The Kier molecular flexibility index (Phi) is 6.25. The van der Waals surface area contributed by atoms with Gasteiger partial charge in [0, 0.05) is 46.6 Å². The predicted molar refractivity (Wildman–Crippen MR) is 152 cm³/mol. The van der Waals surface area contributed by atoms with E-state index in [0.717, 1.165) is 64.2 Å². The molecule has 0 aromatic carbocycles. The second-order valence-electron chi connectivity index (χ2n) is 9.85. The summed E-state index contributed by atoms with van der Waals surface area (Å²) in [5, 5.41) is 14.3. The molecule has 7 rings (SSSR count). The zero-order chi connectivity index (χ0) is 27.1. The number of anilines is 1. The van der Waals surface area contributed by atoms with E-state index >= 15 is 0 Å². The molecule has 40 heavy (non-hydrogen) atoms. The zero-order valence-electron chi connectivity index (χ0n) is 21.2. The number of nitrogens with zero attached hydrogens (tertiary/aromatic N) is 5. The standard InChI is InChI=1S/C28H24FN9OS/c29-22-2-1-21(40-22)19-5-8-32-27-24(19)35-28(36-27)25-20-11-17(13-33-26(20)38-37-25)16-10-18(14-31-12-16)34-23(39)9-15-3-6-30-7-4-15/h1-2,5,8,10-15,30H,3-4,6-7,9H2,(H,34,39)(H,32,35,36)(H,33,37,38). The molecule has 0 atom stereocenters. The summed E-state index contributed by atoms with van der Waals surface area (Å²) in [6.45, 7) is 1.92. The summed E-state index contributed by atoms with van der Waals surface area (Å²) in [5.41, 5.74) is 5.48. The Morgan fingerprint density at radius 2 is 1.93 bits per heavy atom. The van der Waals surface area contributed by atoms with Crippen molar-refractivity contribution in [3.63, 3.8) is 0 Å². The third-order valence-corrected chi connectivity index (χ3v) is 8.06. The van der Waals surface area contributed by atoms with E-state index in [4.69, 9.17) is 4.98 Å². The minimum absolute atomic E-state index is 0.000279. The SMILES string of the molecule is O=C(CC1CCNCC1)Nc1cncc(-c2cnc3[nH]nc(-c4nc5c(-c6ccc(F)s6)ccnc5[nH]4)c3c2)c1. The molecule has 7 heterocycles. The van der Waals surface area contributed by atoms with Crippen molar-refractivity contribution >= 4 is 45.1 Å². The van der Waals surface area contributed by atoms with Crippen LogP contribution in [0.3, 0.4) is 0 Å². The summed E-state index contributed by atoms with van der Waals surface area (Å²) < 4.78 is 13.7. The van der Waals surface area contributed by atoms with Gasteiger partial charge in [-0.3, -0.25) is 14.9 Å². The molecule has 6 aromatic rings. The summed E-state index contributed by atoms with van der Waals surface area (Å²) >= 11 is 1.06. The van der Waals surface area contributed by atoms with E-state index in [1.165, 1.54) is 6.07 Å². The van der Waals surface area contributed by atoms with Crippen molar-refractivity contribution < 1.29 is 9.18 Å². The molecule has 0 bridgehead atoms. The van der Waals surface area contributed by atoms with E-state index in [1.807, 2.05) is 18.2 Å². The van der Waals surface area contributed by atoms with Gasteiger partial charge in [0.2, 0.25) is 5.91 Å². The van der Waals surface area contributed by atoms with Gasteiger partial charge in [0.05, 0.1) is 17.3 Å². The lowest BCUT2D eigenvalue weighted by atomic mass is 9.94. The third-order valence-electron chi connectivity index (χ3n) is 7.15. The summed E-state index contributed by atoms with van der Waals surface area (Å²) in [6, 6.07) is 8.87. The molecule has 4 N–H and O–H groups in total. The molecule has 0 saturated carbocycles. The van der Waals surface area contributed by atoms with Crippen LogP contribution in [0.15, 0.2) is 55.1 Å². The highest BCUT2D eigenvalue weighted by molar-refractivity contribution is 7.14. The lowest BCUT2D eigenvalue weighted by molar-refractivity contribution is -0.117. The van der Waals surface area contributed by atoms with Crippen molar-refractivity contribution in [1.29, 1.82) is 0 Å². The van der Waals surface area contributed by atoms with Crippen LogP contribution in [0.25, 0.3) is 55.3 Å². The number of imidazole rings is 1. The van der Waals surface area contributed by atoms with Gasteiger partial charge in [-0.1, -0.05) is 0 Å². The van der Waals surface area contributed by atoms with Gasteiger partial charge >= 0.3 is 0 Å². The number of H-pyrrole nitrogens is 2. The molecule has 0 radical (unpaired) electrons. The quantitative estimate of drug-likeness (QED) is 0.224. The van der Waals surface area contributed by atoms with Crippen molar-refractivity contribution in [2.45, 2.75) is 19.3 Å². The van der Waals surface area contributed by atoms with Crippen molar-refractivity contribution in [2.24, 2.45) is 5.92 Å². The molecule has 0 unspecified atom stereocenters. The molecule has 0 spiro atoms. The monoisotopic (exact) mass is 553 g/mol. The molecule has 1 saturated heterocycles. The van der Waals surface area contributed by atoms with E-state index in [9.17, 15) is 9.18 Å². The summed E-state index contributed by atoms with van der Waals surface area (Å²) in [6.07, 6.45) is 9.34. The Balaban J connectivity index is 1.19. The normalized spacial score (nSPS) is 14.2. The number of halogens is 1. The molecule has 1 amide bonds. The number of carbonyl (C=O) groups excluding carboxylic acids is 1. The molecular formula is C28H24FN9OS. The number of hydrogen-bond acceptors (Lipinski definition) is 8. The van der Waals surface area contributed by atoms with Crippen LogP contribution in [0.4, 0.5) is 10.1 Å². The number of carbonyl (C=O) groups is 1. The molecule has 200 valence electrons. The Hall–Kier alpha value is -4.55. The number of amides is 1. The van der Waals surface area contributed by atoms with Crippen LogP contribution in [0.2, 0.25) is 0 Å². The van der Waals surface area contributed by atoms with Gasteiger partial charge in [-0.2, -0.15) is 9.49 Å². The highest BCUT2D eigenvalue weighted by Gasteiger charge is 2.19. The van der Waals surface area contributed by atoms with E-state index in [-0.39, 0.29) is 11.0 Å². The Bertz CT molecular complexity index is 1850. The number of piperidine rings is 1. The fourth-order valence-electron chi connectivity index (χ4n) is 5.15. The topological polar surface area (TPSA) is 137 Å². The second-order valence-corrected chi connectivity index (χ2v) is 10.9. The first-order valence-electron chi connectivity index (χ1n) is 13.0. The summed E-state index contributed by atoms with van der Waals surface area (Å²) in [7, 11) is 0. The highest BCUT2D eigenvalue weighted by Crippen LogP contribution is 2.34. The van der Waals surface area contributed by atoms with Crippen molar-refractivity contribution in [3.05, 3.63) is 60.3 Å². The third kappa shape index (κ3) is 4.71. The minimum atomic E-state index is -0.257. The number of pyridine rings is 3. The number of rotatable bonds is 6. The maximum Gasteiger partial charge on any atom is 0.224 e. The van der Waals surface area contributed by atoms with Gasteiger partial charge in [0.15, 0.2) is 22.2 Å². The van der Waals surface area contributed by atoms with Gasteiger partial charge in [0.25, 0.3) is 0 Å². The average molecular weight is 554 g/mol. The van der Waals surface area contributed by atoms with Crippen LogP contribution in [-0.2, 0) is 4.79 Å². The van der Waals surface area contributed by atoms with E-state index in [0.29, 0.717) is 46.4 Å². The Labute approximate surface area is 231 Å². The zero-order valence-corrected chi connectivity index (χ0v) is 22.1. The Morgan fingerprint density at radius 1 is 1.05 bits per heavy atom. The molecule has 10 nitrogen and oxygen atoms in total. The van der Waals surface area contributed by atoms with Crippen molar-refractivity contribution in [2.75, 3.05) is 18.4 Å². The minimum Gasteiger partial charge on any atom is -0.325 e. The molecule has 1 aliphatic rings. The number of fused-ring (bicyclic) bond motifs is 2. The smallest absolute Gasteiger partial charge is 0.224 e. The van der Waals surface area contributed by atoms with E-state index in [1.54, 1.807) is 30.9 Å². The predicted octanol–water partition coefficient (Wildman–Crippen LogP) is 5.15. The van der Waals surface area contributed by atoms with Gasteiger partial charge < -0.3 is 15.6 Å². The van der Waals surface area contributed by atoms with Crippen molar-refractivity contribution in [3.8, 4) is 33.1 Å². The van der Waals surface area contributed by atoms with Crippen LogP contribution >= 0.6 is 11.3 Å². The maximum atomic E-state index is 13.7. The van der Waals surface area contributed by atoms with Crippen LogP contribution in [-0.4, -0.2) is 54.1 Å². The lowest BCUT2D eigenvalue weighted by Crippen LogP contribution is -2.30. The van der Waals surface area contributed by atoms with Gasteiger partial charge in [-0.25, -0.2) is 15.0 Å². The fraction of sp³-hybridized carbons (Fsp3) is 0.214. The lowest BCUT2D eigenvalue weighted by Gasteiger charge is -2.21. The van der Waals surface area contributed by atoms with Gasteiger partial charge in [0.1, 0.15) is 11.2 Å². The number of thiophene rings is 1. The number of aromatic nitrogens is 7. The van der Waals surface area contributed by atoms with Crippen LogP contribution in [0.5, 0.6) is 0 Å².